The van der Waals surface area contributed by atoms with Crippen LogP contribution in [0.15, 0.2) is 46.9 Å². The Bertz CT molecular complexity index is 707. The van der Waals surface area contributed by atoms with E-state index in [1.54, 1.807) is 0 Å². The van der Waals surface area contributed by atoms with Crippen molar-refractivity contribution in [2.24, 2.45) is 5.73 Å². The summed E-state index contributed by atoms with van der Waals surface area (Å²) in [5.74, 6) is 0.541. The number of hydrogen-bond donors (Lipinski definition) is 2. The Balaban J connectivity index is 2.11. The molecule has 1 amide bonds. The third-order valence-corrected chi connectivity index (χ3v) is 4.23. The molecule has 2 aromatic rings. The van der Waals surface area contributed by atoms with E-state index in [2.05, 4.69) is 40.3 Å². The maximum atomic E-state index is 11.0. The molecule has 1 atom stereocenters. The van der Waals surface area contributed by atoms with Gasteiger partial charge in [-0.2, -0.15) is 0 Å². The summed E-state index contributed by atoms with van der Waals surface area (Å²) >= 11 is 3.49. The molecule has 0 spiro atoms. The molecule has 25 heavy (non-hydrogen) atoms. The van der Waals surface area contributed by atoms with Gasteiger partial charge in [-0.3, -0.25) is 4.79 Å². The van der Waals surface area contributed by atoms with Gasteiger partial charge in [0.2, 0.25) is 0 Å². The molecule has 2 rings (SSSR count). The van der Waals surface area contributed by atoms with Crippen LogP contribution in [0.25, 0.3) is 0 Å². The molecule has 0 aromatic heterocycles. The van der Waals surface area contributed by atoms with E-state index in [1.807, 2.05) is 37.3 Å². The molecule has 3 N–H and O–H groups in total. The standard InChI is InChI=1S/C19H23BrN2O3/c1-3-24-17-10-14(9-16(20)19(17)25-12-18(21)23)11-22-13(2)15-7-5-4-6-8-15/h4-10,13,22H,3,11-12H2,1-2H3,(H2,21,23)/t13-/m1/s1. The predicted molar refractivity (Wildman–Crippen MR) is 102 cm³/mol. The van der Waals surface area contributed by atoms with E-state index in [-0.39, 0.29) is 12.6 Å². The van der Waals surface area contributed by atoms with Crippen molar-refractivity contribution in [1.29, 1.82) is 0 Å². The second-order valence-corrected chi connectivity index (χ2v) is 6.46. The monoisotopic (exact) mass is 406 g/mol. The van der Waals surface area contributed by atoms with Crippen LogP contribution in [0.1, 0.15) is 31.0 Å². The molecule has 0 aliphatic rings. The lowest BCUT2D eigenvalue weighted by atomic mass is 10.1. The topological polar surface area (TPSA) is 73.6 Å². The van der Waals surface area contributed by atoms with Crippen molar-refractivity contribution < 1.29 is 14.3 Å². The van der Waals surface area contributed by atoms with Crippen molar-refractivity contribution in [2.75, 3.05) is 13.2 Å². The Kier molecular flexibility index (Phi) is 7.28. The van der Waals surface area contributed by atoms with Gasteiger partial charge in [-0.1, -0.05) is 30.3 Å². The minimum absolute atomic E-state index is 0.193. The molecule has 0 heterocycles. The summed E-state index contributed by atoms with van der Waals surface area (Å²) in [5, 5.41) is 3.49. The highest BCUT2D eigenvalue weighted by Gasteiger charge is 2.14. The van der Waals surface area contributed by atoms with E-state index < -0.39 is 5.91 Å². The summed E-state index contributed by atoms with van der Waals surface area (Å²) in [7, 11) is 0. The SMILES string of the molecule is CCOc1cc(CN[C@H](C)c2ccccc2)cc(Br)c1OCC(N)=O. The molecule has 2 aromatic carbocycles. The van der Waals surface area contributed by atoms with E-state index in [9.17, 15) is 4.79 Å². The van der Waals surface area contributed by atoms with Gasteiger partial charge < -0.3 is 20.5 Å². The lowest BCUT2D eigenvalue weighted by Gasteiger charge is -2.17. The maximum absolute atomic E-state index is 11.0. The fraction of sp³-hybridized carbons (Fsp3) is 0.316. The Morgan fingerprint density at radius 3 is 2.60 bits per heavy atom. The first-order valence-corrected chi connectivity index (χ1v) is 8.95. The van der Waals surface area contributed by atoms with Crippen LogP contribution in [0.5, 0.6) is 11.5 Å². The molecule has 0 saturated carbocycles. The number of carbonyl (C=O) groups is 1. The minimum Gasteiger partial charge on any atom is -0.490 e. The molecule has 6 heteroatoms. The number of primary amides is 1. The third kappa shape index (κ3) is 5.76. The smallest absolute Gasteiger partial charge is 0.255 e. The Labute approximate surface area is 156 Å². The Hall–Kier alpha value is -2.05. The quantitative estimate of drug-likeness (QED) is 0.667. The number of amides is 1. The summed E-state index contributed by atoms with van der Waals surface area (Å²) < 4.78 is 11.8. The van der Waals surface area contributed by atoms with Crippen molar-refractivity contribution in [1.82, 2.24) is 5.32 Å². The Morgan fingerprint density at radius 2 is 1.96 bits per heavy atom. The molecule has 134 valence electrons. The van der Waals surface area contributed by atoms with Crippen LogP contribution >= 0.6 is 15.9 Å². The van der Waals surface area contributed by atoms with Crippen LogP contribution in [0.2, 0.25) is 0 Å². The number of carbonyl (C=O) groups excluding carboxylic acids is 1. The first-order valence-electron chi connectivity index (χ1n) is 8.16. The largest absolute Gasteiger partial charge is 0.490 e. The summed E-state index contributed by atoms with van der Waals surface area (Å²) in [6.07, 6.45) is 0. The number of benzene rings is 2. The van der Waals surface area contributed by atoms with E-state index in [0.717, 1.165) is 10.0 Å². The number of nitrogens with one attached hydrogen (secondary N) is 1. The number of hydrogen-bond acceptors (Lipinski definition) is 4. The van der Waals surface area contributed by atoms with Gasteiger partial charge in [0.1, 0.15) is 0 Å². The Morgan fingerprint density at radius 1 is 1.24 bits per heavy atom. The first kappa shape index (κ1) is 19.3. The van der Waals surface area contributed by atoms with Gasteiger partial charge in [0.15, 0.2) is 18.1 Å². The van der Waals surface area contributed by atoms with Crippen molar-refractivity contribution in [3.05, 3.63) is 58.1 Å². The third-order valence-electron chi connectivity index (χ3n) is 3.64. The van der Waals surface area contributed by atoms with Gasteiger partial charge in [-0.25, -0.2) is 0 Å². The highest BCUT2D eigenvalue weighted by molar-refractivity contribution is 9.10. The van der Waals surface area contributed by atoms with Crippen LogP contribution < -0.4 is 20.5 Å². The minimum atomic E-state index is -0.531. The summed E-state index contributed by atoms with van der Waals surface area (Å²) in [6.45, 7) is 5.00. The molecular weight excluding hydrogens is 384 g/mol. The van der Waals surface area contributed by atoms with E-state index in [4.69, 9.17) is 15.2 Å². The molecule has 0 fully saturated rings. The fourth-order valence-corrected chi connectivity index (χ4v) is 3.00. The molecule has 5 nitrogen and oxygen atoms in total. The first-order chi connectivity index (χ1) is 12.0. The van der Waals surface area contributed by atoms with Crippen LogP contribution in [0.3, 0.4) is 0 Å². The number of halogens is 1. The van der Waals surface area contributed by atoms with Crippen LogP contribution in [0, 0.1) is 0 Å². The zero-order chi connectivity index (χ0) is 18.2. The lowest BCUT2D eigenvalue weighted by molar-refractivity contribution is -0.119. The molecule has 0 radical (unpaired) electrons. The van der Waals surface area contributed by atoms with E-state index >= 15 is 0 Å². The molecular formula is C19H23BrN2O3. The van der Waals surface area contributed by atoms with Gasteiger partial charge in [0.05, 0.1) is 11.1 Å². The van der Waals surface area contributed by atoms with Crippen LogP contribution in [-0.2, 0) is 11.3 Å². The predicted octanol–water partition coefficient (Wildman–Crippen LogP) is 3.56. The summed E-state index contributed by atoms with van der Waals surface area (Å²) in [6, 6.07) is 14.3. The maximum Gasteiger partial charge on any atom is 0.255 e. The lowest BCUT2D eigenvalue weighted by Crippen LogP contribution is -2.21. The highest BCUT2D eigenvalue weighted by Crippen LogP contribution is 2.37. The van der Waals surface area contributed by atoms with Crippen LogP contribution in [0.4, 0.5) is 0 Å². The van der Waals surface area contributed by atoms with Crippen molar-refractivity contribution >= 4 is 21.8 Å². The summed E-state index contributed by atoms with van der Waals surface area (Å²) in [4.78, 5) is 11.0. The van der Waals surface area contributed by atoms with Gasteiger partial charge in [0, 0.05) is 12.6 Å². The second kappa shape index (κ2) is 9.44. The number of ether oxygens (including phenoxy) is 2. The average Bonchev–Trinajstić information content (AvgIpc) is 2.59. The highest BCUT2D eigenvalue weighted by atomic mass is 79.9. The van der Waals surface area contributed by atoms with E-state index in [0.29, 0.717) is 24.7 Å². The molecule has 0 aliphatic heterocycles. The average molecular weight is 407 g/mol. The van der Waals surface area contributed by atoms with E-state index in [1.165, 1.54) is 5.56 Å². The second-order valence-electron chi connectivity index (χ2n) is 5.61. The molecule has 0 aliphatic carbocycles. The van der Waals surface area contributed by atoms with Gasteiger partial charge >= 0.3 is 0 Å². The molecule has 0 bridgehead atoms. The van der Waals surface area contributed by atoms with Crippen molar-refractivity contribution in [3.63, 3.8) is 0 Å². The zero-order valence-corrected chi connectivity index (χ0v) is 16.0. The van der Waals surface area contributed by atoms with Crippen molar-refractivity contribution in [2.45, 2.75) is 26.4 Å². The number of nitrogens with two attached hydrogens (primary N) is 1. The van der Waals surface area contributed by atoms with Gasteiger partial charge in [-0.15, -0.1) is 0 Å². The zero-order valence-electron chi connectivity index (χ0n) is 14.4. The summed E-state index contributed by atoms with van der Waals surface area (Å²) in [5.41, 5.74) is 7.43. The molecule has 0 saturated heterocycles. The van der Waals surface area contributed by atoms with Crippen molar-refractivity contribution in [3.8, 4) is 11.5 Å². The normalized spacial score (nSPS) is 11.8. The fourth-order valence-electron chi connectivity index (χ4n) is 2.40. The van der Waals surface area contributed by atoms with Gasteiger partial charge in [-0.05, 0) is 53.0 Å². The van der Waals surface area contributed by atoms with Crippen LogP contribution in [-0.4, -0.2) is 19.1 Å². The van der Waals surface area contributed by atoms with Gasteiger partial charge in [0.25, 0.3) is 5.91 Å². The number of rotatable bonds is 9. The molecule has 0 unspecified atom stereocenters.